The monoisotopic (exact) mass is 205 g/mol. The fourth-order valence-electron chi connectivity index (χ4n) is 1.30. The van der Waals surface area contributed by atoms with E-state index in [0.29, 0.717) is 5.56 Å². The maximum atomic E-state index is 11.2. The highest BCUT2D eigenvalue weighted by Crippen LogP contribution is 2.15. The van der Waals surface area contributed by atoms with Crippen molar-refractivity contribution in [1.29, 1.82) is 0 Å². The first-order valence-electron chi connectivity index (χ1n) is 4.73. The first-order chi connectivity index (χ1) is 7.19. The summed E-state index contributed by atoms with van der Waals surface area (Å²) in [5, 5.41) is 0. The van der Waals surface area contributed by atoms with E-state index in [1.54, 1.807) is 18.2 Å². The van der Waals surface area contributed by atoms with Crippen LogP contribution in [-0.4, -0.2) is 13.1 Å². The van der Waals surface area contributed by atoms with Gasteiger partial charge in [0.1, 0.15) is 0 Å². The van der Waals surface area contributed by atoms with E-state index in [9.17, 15) is 4.79 Å². The Kier molecular flexibility index (Phi) is 4.06. The summed E-state index contributed by atoms with van der Waals surface area (Å²) in [6.07, 6.45) is 2.50. The Morgan fingerprint density at radius 2 is 2.13 bits per heavy atom. The number of rotatable bonds is 4. The molecule has 0 heterocycles. The minimum absolute atomic E-state index is 0.0609. The molecule has 1 aromatic rings. The van der Waals surface area contributed by atoms with Gasteiger partial charge in [0.05, 0.1) is 12.7 Å². The highest BCUT2D eigenvalue weighted by molar-refractivity contribution is 5.89. The van der Waals surface area contributed by atoms with Gasteiger partial charge in [0.15, 0.2) is 0 Å². The fraction of sp³-hybridized carbons (Fsp3) is 0.250. The molecule has 0 fully saturated rings. The first kappa shape index (κ1) is 11.5. The summed E-state index contributed by atoms with van der Waals surface area (Å²) >= 11 is 0. The van der Waals surface area contributed by atoms with E-state index in [-0.39, 0.29) is 12.0 Å². The molecule has 1 rings (SSSR count). The van der Waals surface area contributed by atoms with Gasteiger partial charge < -0.3 is 10.5 Å². The normalized spacial score (nSPS) is 11.9. The van der Waals surface area contributed by atoms with Crippen LogP contribution in [-0.2, 0) is 4.74 Å². The lowest BCUT2D eigenvalue weighted by Gasteiger charge is -2.09. The lowest BCUT2D eigenvalue weighted by molar-refractivity contribution is 0.0600. The Labute approximate surface area is 89.5 Å². The van der Waals surface area contributed by atoms with Crippen LogP contribution in [0, 0.1) is 0 Å². The van der Waals surface area contributed by atoms with Gasteiger partial charge in [-0.25, -0.2) is 4.79 Å². The number of carbonyl (C=O) groups is 1. The largest absolute Gasteiger partial charge is 0.465 e. The van der Waals surface area contributed by atoms with E-state index in [0.717, 1.165) is 12.0 Å². The molecule has 0 aromatic heterocycles. The number of hydrogen-bond acceptors (Lipinski definition) is 3. The van der Waals surface area contributed by atoms with Gasteiger partial charge in [-0.3, -0.25) is 0 Å². The van der Waals surface area contributed by atoms with Gasteiger partial charge in [0.25, 0.3) is 0 Å². The van der Waals surface area contributed by atoms with Gasteiger partial charge in [-0.2, -0.15) is 0 Å². The van der Waals surface area contributed by atoms with Crippen molar-refractivity contribution in [3.8, 4) is 0 Å². The van der Waals surface area contributed by atoms with Crippen molar-refractivity contribution in [2.45, 2.75) is 12.5 Å². The number of carbonyl (C=O) groups excluding carboxylic acids is 1. The van der Waals surface area contributed by atoms with E-state index in [1.165, 1.54) is 7.11 Å². The van der Waals surface area contributed by atoms with Crippen molar-refractivity contribution in [2.75, 3.05) is 7.11 Å². The molecule has 0 amide bonds. The third kappa shape index (κ3) is 2.92. The fourth-order valence-corrected chi connectivity index (χ4v) is 1.30. The molecule has 0 radical (unpaired) electrons. The van der Waals surface area contributed by atoms with Crippen molar-refractivity contribution in [3.05, 3.63) is 48.0 Å². The first-order valence-corrected chi connectivity index (χ1v) is 4.73. The number of benzene rings is 1. The summed E-state index contributed by atoms with van der Waals surface area (Å²) in [5.41, 5.74) is 7.40. The smallest absolute Gasteiger partial charge is 0.337 e. The summed E-state index contributed by atoms with van der Waals surface area (Å²) in [5.74, 6) is -0.334. The van der Waals surface area contributed by atoms with E-state index < -0.39 is 0 Å². The summed E-state index contributed by atoms with van der Waals surface area (Å²) in [7, 11) is 1.36. The molecule has 3 nitrogen and oxygen atoms in total. The van der Waals surface area contributed by atoms with Crippen molar-refractivity contribution in [1.82, 2.24) is 0 Å². The number of nitrogens with two attached hydrogens (primary N) is 1. The van der Waals surface area contributed by atoms with Crippen LogP contribution in [0.25, 0.3) is 0 Å². The van der Waals surface area contributed by atoms with E-state index >= 15 is 0 Å². The van der Waals surface area contributed by atoms with Crippen LogP contribution in [0.4, 0.5) is 0 Å². The van der Waals surface area contributed by atoms with Crippen LogP contribution in [0.1, 0.15) is 28.4 Å². The lowest BCUT2D eigenvalue weighted by atomic mass is 10.0. The topological polar surface area (TPSA) is 52.3 Å². The lowest BCUT2D eigenvalue weighted by Crippen LogP contribution is -2.09. The summed E-state index contributed by atoms with van der Waals surface area (Å²) < 4.78 is 4.60. The molecule has 0 spiro atoms. The van der Waals surface area contributed by atoms with Crippen LogP contribution in [0.2, 0.25) is 0 Å². The number of esters is 1. The molecular formula is C12H15NO2. The minimum Gasteiger partial charge on any atom is -0.465 e. The summed E-state index contributed by atoms with van der Waals surface area (Å²) in [4.78, 5) is 11.2. The molecule has 0 bridgehead atoms. The zero-order valence-corrected chi connectivity index (χ0v) is 8.77. The van der Waals surface area contributed by atoms with Gasteiger partial charge in [-0.15, -0.1) is 6.58 Å². The molecule has 0 aliphatic rings. The molecule has 1 aromatic carbocycles. The Hall–Kier alpha value is -1.61. The molecule has 3 heteroatoms. The van der Waals surface area contributed by atoms with Gasteiger partial charge in [-0.05, 0) is 24.1 Å². The zero-order chi connectivity index (χ0) is 11.3. The average Bonchev–Trinajstić information content (AvgIpc) is 2.28. The molecule has 80 valence electrons. The third-order valence-electron chi connectivity index (χ3n) is 2.18. The molecule has 15 heavy (non-hydrogen) atoms. The van der Waals surface area contributed by atoms with E-state index in [2.05, 4.69) is 11.3 Å². The molecular weight excluding hydrogens is 190 g/mol. The molecule has 0 saturated heterocycles. The number of hydrogen-bond donors (Lipinski definition) is 1. The van der Waals surface area contributed by atoms with Crippen molar-refractivity contribution >= 4 is 5.97 Å². The minimum atomic E-state index is -0.334. The van der Waals surface area contributed by atoms with Crippen LogP contribution in [0.3, 0.4) is 0 Å². The van der Waals surface area contributed by atoms with Crippen molar-refractivity contribution in [3.63, 3.8) is 0 Å². The second-order valence-corrected chi connectivity index (χ2v) is 3.24. The van der Waals surface area contributed by atoms with Crippen LogP contribution in [0.5, 0.6) is 0 Å². The molecule has 0 unspecified atom stereocenters. The molecule has 0 saturated carbocycles. The molecule has 1 atom stereocenters. The predicted octanol–water partition coefficient (Wildman–Crippen LogP) is 2.05. The molecule has 0 aliphatic carbocycles. The Balaban J connectivity index is 2.80. The van der Waals surface area contributed by atoms with E-state index in [4.69, 9.17) is 5.73 Å². The number of ether oxygens (including phenoxy) is 1. The zero-order valence-electron chi connectivity index (χ0n) is 8.77. The Morgan fingerprint density at radius 3 is 2.60 bits per heavy atom. The second kappa shape index (κ2) is 5.32. The van der Waals surface area contributed by atoms with Crippen molar-refractivity contribution in [2.24, 2.45) is 5.73 Å². The highest BCUT2D eigenvalue weighted by Gasteiger charge is 2.07. The van der Waals surface area contributed by atoms with Gasteiger partial charge in [0, 0.05) is 6.04 Å². The van der Waals surface area contributed by atoms with Crippen LogP contribution < -0.4 is 5.73 Å². The maximum Gasteiger partial charge on any atom is 0.337 e. The van der Waals surface area contributed by atoms with Crippen molar-refractivity contribution < 1.29 is 9.53 Å². The second-order valence-electron chi connectivity index (χ2n) is 3.24. The SMILES string of the molecule is C=CC[C@H](N)c1ccc(C(=O)OC)cc1. The summed E-state index contributed by atoms with van der Waals surface area (Å²) in [6.45, 7) is 3.63. The quantitative estimate of drug-likeness (QED) is 0.604. The van der Waals surface area contributed by atoms with E-state index in [1.807, 2.05) is 12.1 Å². The van der Waals surface area contributed by atoms with Crippen LogP contribution in [0.15, 0.2) is 36.9 Å². The Morgan fingerprint density at radius 1 is 1.53 bits per heavy atom. The Bertz CT molecular complexity index is 343. The predicted molar refractivity (Wildman–Crippen MR) is 59.5 cm³/mol. The third-order valence-corrected chi connectivity index (χ3v) is 2.18. The standard InChI is InChI=1S/C12H15NO2/c1-3-4-11(13)9-5-7-10(8-6-9)12(14)15-2/h3,5-8,11H,1,4,13H2,2H3/t11-/m0/s1. The van der Waals surface area contributed by atoms with Gasteiger partial charge >= 0.3 is 5.97 Å². The van der Waals surface area contributed by atoms with Gasteiger partial charge in [-0.1, -0.05) is 18.2 Å². The average molecular weight is 205 g/mol. The molecule has 2 N–H and O–H groups in total. The summed E-state index contributed by atoms with van der Waals surface area (Å²) in [6, 6.07) is 7.03. The van der Waals surface area contributed by atoms with Crippen LogP contribution >= 0.6 is 0 Å². The molecule has 0 aliphatic heterocycles. The maximum absolute atomic E-state index is 11.2. The number of methoxy groups -OCH3 is 1. The highest BCUT2D eigenvalue weighted by atomic mass is 16.5. The van der Waals surface area contributed by atoms with Gasteiger partial charge in [0.2, 0.25) is 0 Å².